The molecule has 0 aliphatic rings. The zero-order valence-electron chi connectivity index (χ0n) is 13.3. The number of amides is 1. The molecule has 0 spiro atoms. The first-order chi connectivity index (χ1) is 11.1. The molecule has 0 atom stereocenters. The van der Waals surface area contributed by atoms with Gasteiger partial charge in [-0.1, -0.05) is 23.7 Å². The molecule has 0 bridgehead atoms. The van der Waals surface area contributed by atoms with Crippen LogP contribution >= 0.6 is 11.6 Å². The smallest absolute Gasteiger partial charge is 0.271 e. The van der Waals surface area contributed by atoms with Gasteiger partial charge in [0.25, 0.3) is 5.91 Å². The first kappa shape index (κ1) is 17.0. The summed E-state index contributed by atoms with van der Waals surface area (Å²) >= 11 is 5.89. The van der Waals surface area contributed by atoms with E-state index in [1.54, 1.807) is 30.5 Å². The maximum atomic E-state index is 12.1. The molecular formula is C18H20ClN3O. The van der Waals surface area contributed by atoms with Gasteiger partial charge in [-0.3, -0.25) is 4.79 Å². The van der Waals surface area contributed by atoms with Gasteiger partial charge in [-0.2, -0.15) is 5.10 Å². The van der Waals surface area contributed by atoms with Crippen molar-refractivity contribution in [2.75, 3.05) is 18.0 Å². The lowest BCUT2D eigenvalue weighted by Crippen LogP contribution is -2.22. The third-order valence-corrected chi connectivity index (χ3v) is 3.72. The summed E-state index contributed by atoms with van der Waals surface area (Å²) in [7, 11) is 0. The number of halogens is 1. The van der Waals surface area contributed by atoms with Gasteiger partial charge in [-0.05, 0) is 55.8 Å². The molecule has 0 heterocycles. The second-order valence-corrected chi connectivity index (χ2v) is 5.41. The van der Waals surface area contributed by atoms with Crippen molar-refractivity contribution in [2.45, 2.75) is 13.8 Å². The summed E-state index contributed by atoms with van der Waals surface area (Å²) in [6.07, 6.45) is 1.56. The van der Waals surface area contributed by atoms with Crippen LogP contribution in [-0.2, 0) is 0 Å². The Morgan fingerprint density at radius 3 is 2.48 bits per heavy atom. The number of carbonyl (C=O) groups is 1. The van der Waals surface area contributed by atoms with Crippen molar-refractivity contribution in [3.05, 3.63) is 64.7 Å². The molecule has 0 fully saturated rings. The van der Waals surface area contributed by atoms with E-state index in [4.69, 9.17) is 11.6 Å². The Morgan fingerprint density at radius 2 is 1.87 bits per heavy atom. The number of hydrazone groups is 1. The topological polar surface area (TPSA) is 44.7 Å². The van der Waals surface area contributed by atoms with Crippen LogP contribution in [0.1, 0.15) is 29.8 Å². The van der Waals surface area contributed by atoms with Gasteiger partial charge in [0.05, 0.1) is 6.21 Å². The molecule has 2 rings (SSSR count). The number of carbonyl (C=O) groups excluding carboxylic acids is 1. The van der Waals surface area contributed by atoms with Gasteiger partial charge in [0.1, 0.15) is 0 Å². The third kappa shape index (κ3) is 4.83. The summed E-state index contributed by atoms with van der Waals surface area (Å²) in [4.78, 5) is 14.3. The van der Waals surface area contributed by atoms with E-state index in [0.717, 1.165) is 24.3 Å². The Morgan fingerprint density at radius 1 is 1.17 bits per heavy atom. The van der Waals surface area contributed by atoms with Gasteiger partial charge in [-0.15, -0.1) is 0 Å². The molecule has 120 valence electrons. The maximum absolute atomic E-state index is 12.1. The van der Waals surface area contributed by atoms with Crippen LogP contribution in [0.15, 0.2) is 53.6 Å². The van der Waals surface area contributed by atoms with Crippen LogP contribution in [0, 0.1) is 0 Å². The molecule has 0 aromatic heterocycles. The van der Waals surface area contributed by atoms with E-state index in [1.807, 2.05) is 24.3 Å². The molecule has 1 amide bonds. The first-order valence-corrected chi connectivity index (χ1v) is 7.95. The zero-order chi connectivity index (χ0) is 16.7. The van der Waals surface area contributed by atoms with E-state index in [9.17, 15) is 4.79 Å². The van der Waals surface area contributed by atoms with E-state index < -0.39 is 0 Å². The quantitative estimate of drug-likeness (QED) is 0.644. The first-order valence-electron chi connectivity index (χ1n) is 7.58. The van der Waals surface area contributed by atoms with Gasteiger partial charge in [0, 0.05) is 29.4 Å². The van der Waals surface area contributed by atoms with Crippen LogP contribution in [0.3, 0.4) is 0 Å². The summed E-state index contributed by atoms with van der Waals surface area (Å²) in [6.45, 7) is 6.08. The van der Waals surface area contributed by atoms with Crippen LogP contribution in [-0.4, -0.2) is 25.2 Å². The van der Waals surface area contributed by atoms with Crippen molar-refractivity contribution in [2.24, 2.45) is 5.10 Å². The van der Waals surface area contributed by atoms with Crippen LogP contribution < -0.4 is 10.3 Å². The largest absolute Gasteiger partial charge is 0.372 e. The van der Waals surface area contributed by atoms with Crippen LogP contribution in [0.4, 0.5) is 5.69 Å². The fourth-order valence-electron chi connectivity index (χ4n) is 2.23. The number of nitrogens with zero attached hydrogens (tertiary/aromatic N) is 2. The standard InChI is InChI=1S/C18H20ClN3O/c1-3-22(4-2)17-10-8-15(9-11-17)18(23)21-20-13-14-6-5-7-16(19)12-14/h5-13H,3-4H2,1-2H3,(H,21,23)/b20-13-. The number of nitrogens with one attached hydrogen (secondary N) is 1. The highest BCUT2D eigenvalue weighted by Crippen LogP contribution is 2.15. The molecule has 0 unspecified atom stereocenters. The lowest BCUT2D eigenvalue weighted by atomic mass is 10.2. The summed E-state index contributed by atoms with van der Waals surface area (Å²) in [6, 6.07) is 14.8. The normalized spacial score (nSPS) is 10.7. The summed E-state index contributed by atoms with van der Waals surface area (Å²) in [5.74, 6) is -0.241. The van der Waals surface area contributed by atoms with Crippen LogP contribution in [0.2, 0.25) is 5.02 Å². The van der Waals surface area contributed by atoms with E-state index in [1.165, 1.54) is 0 Å². The van der Waals surface area contributed by atoms with E-state index >= 15 is 0 Å². The van der Waals surface area contributed by atoms with Crippen LogP contribution in [0.5, 0.6) is 0 Å². The average Bonchev–Trinajstić information content (AvgIpc) is 2.56. The molecule has 23 heavy (non-hydrogen) atoms. The molecule has 1 N–H and O–H groups in total. The third-order valence-electron chi connectivity index (χ3n) is 3.49. The molecule has 0 radical (unpaired) electrons. The molecule has 0 aliphatic heterocycles. The Kier molecular flexibility index (Phi) is 6.18. The molecule has 4 nitrogen and oxygen atoms in total. The molecule has 5 heteroatoms. The predicted molar refractivity (Wildman–Crippen MR) is 96.5 cm³/mol. The molecule has 0 aliphatic carbocycles. The minimum absolute atomic E-state index is 0.241. The lowest BCUT2D eigenvalue weighted by Gasteiger charge is -2.20. The highest BCUT2D eigenvalue weighted by Gasteiger charge is 2.06. The minimum atomic E-state index is -0.241. The number of hydrogen-bond acceptors (Lipinski definition) is 3. The number of anilines is 1. The van der Waals surface area contributed by atoms with Gasteiger partial charge >= 0.3 is 0 Å². The fourth-order valence-corrected chi connectivity index (χ4v) is 2.43. The minimum Gasteiger partial charge on any atom is -0.372 e. The number of hydrogen-bond donors (Lipinski definition) is 1. The number of benzene rings is 2. The maximum Gasteiger partial charge on any atom is 0.271 e. The van der Waals surface area contributed by atoms with Gasteiger partial charge in [0.15, 0.2) is 0 Å². The number of rotatable bonds is 6. The van der Waals surface area contributed by atoms with Crippen molar-refractivity contribution in [1.29, 1.82) is 0 Å². The lowest BCUT2D eigenvalue weighted by molar-refractivity contribution is 0.0955. The van der Waals surface area contributed by atoms with Crippen molar-refractivity contribution < 1.29 is 4.79 Å². The summed E-state index contributed by atoms with van der Waals surface area (Å²) in [5.41, 5.74) is 5.02. The molecule has 2 aromatic carbocycles. The molecular weight excluding hydrogens is 310 g/mol. The van der Waals surface area contributed by atoms with Crippen molar-refractivity contribution in [1.82, 2.24) is 5.43 Å². The fraction of sp³-hybridized carbons (Fsp3) is 0.222. The average molecular weight is 330 g/mol. The van der Waals surface area contributed by atoms with Gasteiger partial charge < -0.3 is 4.90 Å². The van der Waals surface area contributed by atoms with E-state index in [-0.39, 0.29) is 5.91 Å². The Labute approximate surface area is 141 Å². The van der Waals surface area contributed by atoms with Crippen molar-refractivity contribution in [3.63, 3.8) is 0 Å². The van der Waals surface area contributed by atoms with Crippen molar-refractivity contribution >= 4 is 29.4 Å². The van der Waals surface area contributed by atoms with Gasteiger partial charge in [-0.25, -0.2) is 5.43 Å². The Balaban J connectivity index is 1.98. The Bertz CT molecular complexity index is 679. The molecule has 0 saturated carbocycles. The van der Waals surface area contributed by atoms with E-state index in [2.05, 4.69) is 29.3 Å². The zero-order valence-corrected chi connectivity index (χ0v) is 14.0. The Hall–Kier alpha value is -2.33. The monoisotopic (exact) mass is 329 g/mol. The molecule has 0 saturated heterocycles. The second kappa shape index (κ2) is 8.34. The van der Waals surface area contributed by atoms with E-state index in [0.29, 0.717) is 10.6 Å². The highest BCUT2D eigenvalue weighted by molar-refractivity contribution is 6.30. The highest BCUT2D eigenvalue weighted by atomic mass is 35.5. The summed E-state index contributed by atoms with van der Waals surface area (Å²) in [5, 5.41) is 4.59. The van der Waals surface area contributed by atoms with Gasteiger partial charge in [0.2, 0.25) is 0 Å². The summed E-state index contributed by atoms with van der Waals surface area (Å²) < 4.78 is 0. The van der Waals surface area contributed by atoms with Crippen molar-refractivity contribution in [3.8, 4) is 0 Å². The molecule has 2 aromatic rings. The van der Waals surface area contributed by atoms with Crippen LogP contribution in [0.25, 0.3) is 0 Å². The SMILES string of the molecule is CCN(CC)c1ccc(C(=O)N/N=C\c2cccc(Cl)c2)cc1. The second-order valence-electron chi connectivity index (χ2n) is 4.97. The predicted octanol–water partition coefficient (Wildman–Crippen LogP) is 3.95.